The van der Waals surface area contributed by atoms with Crippen molar-refractivity contribution in [1.29, 1.82) is 5.26 Å². The van der Waals surface area contributed by atoms with Gasteiger partial charge in [0, 0.05) is 11.1 Å². The van der Waals surface area contributed by atoms with Crippen LogP contribution in [0, 0.1) is 11.3 Å². The summed E-state index contributed by atoms with van der Waals surface area (Å²) in [7, 11) is 0. The lowest BCUT2D eigenvalue weighted by Crippen LogP contribution is -2.12. The number of halogens is 4. The van der Waals surface area contributed by atoms with Crippen LogP contribution in [0.1, 0.15) is 30.0 Å². The van der Waals surface area contributed by atoms with Crippen molar-refractivity contribution in [3.8, 4) is 11.8 Å². The topological polar surface area (TPSA) is 59.3 Å². The van der Waals surface area contributed by atoms with Gasteiger partial charge >= 0.3 is 12.6 Å². The van der Waals surface area contributed by atoms with Gasteiger partial charge in [0.25, 0.3) is 6.43 Å². The summed E-state index contributed by atoms with van der Waals surface area (Å²) in [6, 6.07) is 3.04. The monoisotopic (exact) mass is 305 g/mol. The number of alkyl halides is 4. The van der Waals surface area contributed by atoms with Gasteiger partial charge in [0.2, 0.25) is 0 Å². The molecule has 0 aliphatic heterocycles. The summed E-state index contributed by atoms with van der Waals surface area (Å²) in [6.07, 6.45) is -3.50. The standard InChI is InChI=1S/C13H11F4NO3/c1-2-20-11(19)5-7-3-9(12(14)15)8(6-18)4-10(7)21-13(16)17/h3-4,12-13H,2,5H2,1H3. The molecule has 0 aliphatic carbocycles. The van der Waals surface area contributed by atoms with E-state index in [0.717, 1.165) is 12.1 Å². The minimum atomic E-state index is -3.21. The number of benzene rings is 1. The van der Waals surface area contributed by atoms with Crippen molar-refractivity contribution < 1.29 is 31.8 Å². The maximum absolute atomic E-state index is 12.8. The molecule has 0 amide bonds. The average molecular weight is 305 g/mol. The molecule has 0 bridgehead atoms. The van der Waals surface area contributed by atoms with Crippen molar-refractivity contribution in [3.05, 3.63) is 28.8 Å². The number of ether oxygens (including phenoxy) is 2. The van der Waals surface area contributed by atoms with Crippen molar-refractivity contribution >= 4 is 5.97 Å². The molecule has 0 N–H and O–H groups in total. The molecule has 0 spiro atoms. The van der Waals surface area contributed by atoms with E-state index in [1.807, 2.05) is 0 Å². The Labute approximate surface area is 117 Å². The third-order valence-corrected chi connectivity index (χ3v) is 2.44. The zero-order valence-corrected chi connectivity index (χ0v) is 10.9. The highest BCUT2D eigenvalue weighted by Crippen LogP contribution is 2.31. The van der Waals surface area contributed by atoms with Gasteiger partial charge < -0.3 is 9.47 Å². The van der Waals surface area contributed by atoms with Crippen LogP contribution in [0.3, 0.4) is 0 Å². The molecule has 0 saturated heterocycles. The van der Waals surface area contributed by atoms with Gasteiger partial charge in [-0.2, -0.15) is 14.0 Å². The Morgan fingerprint density at radius 1 is 1.33 bits per heavy atom. The second kappa shape index (κ2) is 7.47. The van der Waals surface area contributed by atoms with E-state index in [1.54, 1.807) is 0 Å². The van der Waals surface area contributed by atoms with Crippen LogP contribution in [0.2, 0.25) is 0 Å². The number of esters is 1. The summed E-state index contributed by atoms with van der Waals surface area (Å²) in [4.78, 5) is 11.4. The van der Waals surface area contributed by atoms with E-state index in [0.29, 0.717) is 0 Å². The van der Waals surface area contributed by atoms with Crippen LogP contribution >= 0.6 is 0 Å². The fraction of sp³-hybridized carbons (Fsp3) is 0.385. The largest absolute Gasteiger partial charge is 0.466 e. The van der Waals surface area contributed by atoms with E-state index >= 15 is 0 Å². The van der Waals surface area contributed by atoms with Crippen molar-refractivity contribution in [3.63, 3.8) is 0 Å². The van der Waals surface area contributed by atoms with E-state index in [1.165, 1.54) is 13.0 Å². The zero-order valence-electron chi connectivity index (χ0n) is 10.9. The highest BCUT2D eigenvalue weighted by atomic mass is 19.3. The number of nitrogens with zero attached hydrogens (tertiary/aromatic N) is 1. The van der Waals surface area contributed by atoms with Gasteiger partial charge in [-0.15, -0.1) is 0 Å². The van der Waals surface area contributed by atoms with E-state index in [4.69, 9.17) is 5.26 Å². The molecular weight excluding hydrogens is 294 g/mol. The molecule has 1 rings (SSSR count). The van der Waals surface area contributed by atoms with Gasteiger partial charge in [0.15, 0.2) is 0 Å². The van der Waals surface area contributed by atoms with Crippen molar-refractivity contribution in [2.24, 2.45) is 0 Å². The van der Waals surface area contributed by atoms with Crippen LogP contribution in [-0.2, 0) is 16.0 Å². The smallest absolute Gasteiger partial charge is 0.387 e. The van der Waals surface area contributed by atoms with Gasteiger partial charge in [-0.25, -0.2) is 8.78 Å². The molecular formula is C13H11F4NO3. The van der Waals surface area contributed by atoms with E-state index in [2.05, 4.69) is 9.47 Å². The summed E-state index contributed by atoms with van der Waals surface area (Å²) < 4.78 is 59.1. The van der Waals surface area contributed by atoms with Crippen LogP contribution in [0.15, 0.2) is 12.1 Å². The SMILES string of the molecule is CCOC(=O)Cc1cc(C(F)F)c(C#N)cc1OC(F)F. The molecule has 0 unspecified atom stereocenters. The Morgan fingerprint density at radius 2 is 2.00 bits per heavy atom. The number of hydrogen-bond donors (Lipinski definition) is 0. The lowest BCUT2D eigenvalue weighted by atomic mass is 10.0. The summed E-state index contributed by atoms with van der Waals surface area (Å²) in [5, 5.41) is 8.76. The highest BCUT2D eigenvalue weighted by molar-refractivity contribution is 5.74. The molecule has 1 aromatic carbocycles. The third-order valence-electron chi connectivity index (χ3n) is 2.44. The number of rotatable bonds is 6. The van der Waals surface area contributed by atoms with Gasteiger partial charge in [-0.3, -0.25) is 4.79 Å². The van der Waals surface area contributed by atoms with Gasteiger partial charge in [0.1, 0.15) is 5.75 Å². The molecule has 114 valence electrons. The predicted molar refractivity (Wildman–Crippen MR) is 63.1 cm³/mol. The third kappa shape index (κ3) is 4.63. The number of carbonyl (C=O) groups is 1. The Morgan fingerprint density at radius 3 is 2.48 bits per heavy atom. The molecule has 1 aromatic rings. The minimum absolute atomic E-state index is 0.0574. The average Bonchev–Trinajstić information content (AvgIpc) is 2.39. The Kier molecular flexibility index (Phi) is 5.96. The first-order valence-electron chi connectivity index (χ1n) is 5.84. The maximum atomic E-state index is 12.8. The van der Waals surface area contributed by atoms with E-state index in [-0.39, 0.29) is 12.2 Å². The lowest BCUT2D eigenvalue weighted by molar-refractivity contribution is -0.142. The normalized spacial score (nSPS) is 10.6. The quantitative estimate of drug-likeness (QED) is 0.598. The summed E-state index contributed by atoms with van der Waals surface area (Å²) in [5.41, 5.74) is -1.34. The molecule has 21 heavy (non-hydrogen) atoms. The van der Waals surface area contributed by atoms with Crippen LogP contribution in [0.5, 0.6) is 5.75 Å². The lowest BCUT2D eigenvalue weighted by Gasteiger charge is -2.13. The molecule has 0 aromatic heterocycles. The molecule has 0 radical (unpaired) electrons. The fourth-order valence-corrected chi connectivity index (χ4v) is 1.63. The second-order valence-corrected chi connectivity index (χ2v) is 3.82. The van der Waals surface area contributed by atoms with Crippen LogP contribution in [-0.4, -0.2) is 19.2 Å². The predicted octanol–water partition coefficient (Wildman–Crippen LogP) is 3.20. The van der Waals surface area contributed by atoms with Crippen LogP contribution < -0.4 is 4.74 Å². The van der Waals surface area contributed by atoms with Crippen molar-refractivity contribution in [1.82, 2.24) is 0 Å². The Hall–Kier alpha value is -2.30. The molecule has 0 saturated carbocycles. The second-order valence-electron chi connectivity index (χ2n) is 3.82. The molecule has 0 aliphatic rings. The zero-order chi connectivity index (χ0) is 16.0. The first-order valence-corrected chi connectivity index (χ1v) is 5.84. The molecule has 0 heterocycles. The van der Waals surface area contributed by atoms with E-state index in [9.17, 15) is 22.4 Å². The number of carbonyl (C=O) groups excluding carboxylic acids is 1. The summed E-state index contributed by atoms with van der Waals surface area (Å²) in [6.45, 7) is -1.62. The van der Waals surface area contributed by atoms with Gasteiger partial charge in [0.05, 0.1) is 24.7 Å². The van der Waals surface area contributed by atoms with Gasteiger partial charge in [-0.1, -0.05) is 0 Å². The fourth-order valence-electron chi connectivity index (χ4n) is 1.63. The van der Waals surface area contributed by atoms with Crippen LogP contribution in [0.25, 0.3) is 0 Å². The Bertz CT molecular complexity index is 555. The molecule has 0 fully saturated rings. The Balaban J connectivity index is 3.26. The molecule has 0 atom stereocenters. The maximum Gasteiger partial charge on any atom is 0.387 e. The van der Waals surface area contributed by atoms with Crippen LogP contribution in [0.4, 0.5) is 17.6 Å². The number of nitriles is 1. The van der Waals surface area contributed by atoms with Crippen molar-refractivity contribution in [2.45, 2.75) is 26.4 Å². The van der Waals surface area contributed by atoms with Gasteiger partial charge in [-0.05, 0) is 19.1 Å². The number of hydrogen-bond acceptors (Lipinski definition) is 4. The summed E-state index contributed by atoms with van der Waals surface area (Å²) in [5.74, 6) is -1.28. The van der Waals surface area contributed by atoms with E-state index < -0.39 is 42.3 Å². The molecule has 8 heteroatoms. The molecule has 4 nitrogen and oxygen atoms in total. The highest BCUT2D eigenvalue weighted by Gasteiger charge is 2.21. The first kappa shape index (κ1) is 16.8. The van der Waals surface area contributed by atoms with Crippen molar-refractivity contribution in [2.75, 3.05) is 6.61 Å². The minimum Gasteiger partial charge on any atom is -0.466 e. The summed E-state index contributed by atoms with van der Waals surface area (Å²) >= 11 is 0. The first-order chi connectivity index (χ1) is 9.88.